The number of hydrogen-bond acceptors (Lipinski definition) is 6. The molecule has 1 atom stereocenters. The van der Waals surface area contributed by atoms with Gasteiger partial charge < -0.3 is 9.64 Å². The van der Waals surface area contributed by atoms with Crippen LogP contribution in [-0.4, -0.2) is 63.4 Å². The Morgan fingerprint density at radius 1 is 1.19 bits per heavy atom. The van der Waals surface area contributed by atoms with E-state index < -0.39 is 6.04 Å². The van der Waals surface area contributed by atoms with Crippen LogP contribution >= 0.6 is 11.6 Å². The molecular weight excluding hydrogens is 430 g/mol. The van der Waals surface area contributed by atoms with E-state index in [1.54, 1.807) is 10.6 Å². The normalized spacial score (nSPS) is 17.2. The fraction of sp³-hybridized carbons (Fsp3) is 0.435. The van der Waals surface area contributed by atoms with Crippen LogP contribution in [0, 0.1) is 0 Å². The molecule has 1 aliphatic rings. The number of carbonyl (C=O) groups excluding carboxylic acids is 1. The van der Waals surface area contributed by atoms with Crippen molar-refractivity contribution >= 4 is 28.9 Å². The first-order chi connectivity index (χ1) is 15.4. The third kappa shape index (κ3) is 4.97. The monoisotopic (exact) mass is 457 g/mol. The number of ether oxygens (including phenoxy) is 1. The van der Waals surface area contributed by atoms with Crippen LogP contribution in [-0.2, 0) is 16.1 Å². The molecule has 0 bridgehead atoms. The van der Waals surface area contributed by atoms with E-state index in [-0.39, 0.29) is 17.8 Å². The smallest absolute Gasteiger partial charge is 0.350 e. The van der Waals surface area contributed by atoms with Crippen molar-refractivity contribution in [2.45, 2.75) is 39.0 Å². The van der Waals surface area contributed by atoms with Gasteiger partial charge in [-0.25, -0.2) is 14.3 Å². The summed E-state index contributed by atoms with van der Waals surface area (Å²) in [5, 5.41) is 5.02. The van der Waals surface area contributed by atoms with Crippen LogP contribution in [0.3, 0.4) is 0 Å². The van der Waals surface area contributed by atoms with E-state index in [4.69, 9.17) is 16.3 Å². The highest BCUT2D eigenvalue weighted by Crippen LogP contribution is 2.25. The zero-order valence-corrected chi connectivity index (χ0v) is 19.1. The Labute approximate surface area is 191 Å². The molecule has 0 spiro atoms. The summed E-state index contributed by atoms with van der Waals surface area (Å²) in [7, 11) is 0. The van der Waals surface area contributed by atoms with E-state index in [0.717, 1.165) is 25.2 Å². The Bertz CT molecular complexity index is 1140. The van der Waals surface area contributed by atoms with E-state index in [1.807, 2.05) is 56.3 Å². The predicted octanol–water partition coefficient (Wildman–Crippen LogP) is 2.68. The molecule has 1 unspecified atom stereocenters. The van der Waals surface area contributed by atoms with Gasteiger partial charge in [-0.3, -0.25) is 9.30 Å². The van der Waals surface area contributed by atoms with Crippen LogP contribution in [0.5, 0.6) is 0 Å². The molecule has 3 heterocycles. The highest BCUT2D eigenvalue weighted by Gasteiger charge is 2.34. The van der Waals surface area contributed by atoms with Crippen LogP contribution in [0.25, 0.3) is 5.65 Å². The molecule has 170 valence electrons. The molecule has 1 saturated heterocycles. The van der Waals surface area contributed by atoms with Crippen molar-refractivity contribution in [1.82, 2.24) is 19.1 Å². The van der Waals surface area contributed by atoms with Gasteiger partial charge >= 0.3 is 11.7 Å². The first-order valence-electron chi connectivity index (χ1n) is 10.9. The third-order valence-corrected chi connectivity index (χ3v) is 5.80. The average Bonchev–Trinajstić information content (AvgIpc) is 3.09. The topological polar surface area (TPSA) is 72.1 Å². The van der Waals surface area contributed by atoms with Crippen molar-refractivity contribution < 1.29 is 9.53 Å². The molecule has 9 heteroatoms. The summed E-state index contributed by atoms with van der Waals surface area (Å²) in [6, 6.07) is 12.6. The first kappa shape index (κ1) is 22.4. The van der Waals surface area contributed by atoms with Crippen LogP contribution in [0.4, 0.5) is 5.69 Å². The lowest BCUT2D eigenvalue weighted by molar-refractivity contribution is -0.150. The number of aromatic nitrogens is 3. The predicted molar refractivity (Wildman–Crippen MR) is 124 cm³/mol. The molecule has 8 nitrogen and oxygen atoms in total. The second-order valence-electron chi connectivity index (χ2n) is 8.26. The SMILES string of the molecule is CC(C)OC(=O)C1CN(CCCn2nc3ccccn3c2=O)CCN1c1cccc(Cl)c1. The number of hydrogen-bond donors (Lipinski definition) is 0. The number of halogens is 1. The van der Waals surface area contributed by atoms with Gasteiger partial charge in [0.2, 0.25) is 0 Å². The summed E-state index contributed by atoms with van der Waals surface area (Å²) in [5.74, 6) is -0.235. The number of benzene rings is 1. The van der Waals surface area contributed by atoms with Gasteiger partial charge in [0.15, 0.2) is 5.65 Å². The number of esters is 1. The highest BCUT2D eigenvalue weighted by atomic mass is 35.5. The fourth-order valence-electron chi connectivity index (χ4n) is 4.08. The van der Waals surface area contributed by atoms with E-state index >= 15 is 0 Å². The number of pyridine rings is 1. The molecule has 0 aliphatic carbocycles. The quantitative estimate of drug-likeness (QED) is 0.508. The van der Waals surface area contributed by atoms with E-state index in [1.165, 1.54) is 4.68 Å². The van der Waals surface area contributed by atoms with E-state index in [2.05, 4.69) is 14.9 Å². The molecule has 32 heavy (non-hydrogen) atoms. The summed E-state index contributed by atoms with van der Waals surface area (Å²) in [6.45, 7) is 7.04. The number of anilines is 1. The Morgan fingerprint density at radius 2 is 2.03 bits per heavy atom. The zero-order chi connectivity index (χ0) is 22.7. The summed E-state index contributed by atoms with van der Waals surface area (Å²) in [5.41, 5.74) is 1.42. The van der Waals surface area contributed by atoms with Gasteiger partial charge in [-0.05, 0) is 50.6 Å². The minimum Gasteiger partial charge on any atom is -0.461 e. The van der Waals surface area contributed by atoms with Gasteiger partial charge in [-0.2, -0.15) is 0 Å². The van der Waals surface area contributed by atoms with Crippen molar-refractivity contribution in [3.05, 3.63) is 64.2 Å². The lowest BCUT2D eigenvalue weighted by Crippen LogP contribution is -2.57. The van der Waals surface area contributed by atoms with Crippen molar-refractivity contribution in [3.8, 4) is 0 Å². The van der Waals surface area contributed by atoms with Crippen LogP contribution in [0.1, 0.15) is 20.3 Å². The minimum absolute atomic E-state index is 0.134. The molecule has 0 radical (unpaired) electrons. The largest absolute Gasteiger partial charge is 0.461 e. The highest BCUT2D eigenvalue weighted by molar-refractivity contribution is 6.30. The number of rotatable bonds is 7. The molecular formula is C23H28ClN5O3. The molecule has 4 rings (SSSR count). The molecule has 2 aromatic heterocycles. The summed E-state index contributed by atoms with van der Waals surface area (Å²) < 4.78 is 8.59. The number of fused-ring (bicyclic) bond motifs is 1. The number of nitrogens with zero attached hydrogens (tertiary/aromatic N) is 5. The summed E-state index contributed by atoms with van der Waals surface area (Å²) in [6.07, 6.45) is 2.30. The van der Waals surface area contributed by atoms with Gasteiger partial charge in [0.05, 0.1) is 6.10 Å². The molecule has 1 fully saturated rings. The number of aryl methyl sites for hydroxylation is 1. The average molecular weight is 458 g/mol. The second kappa shape index (κ2) is 9.75. The Balaban J connectivity index is 1.42. The van der Waals surface area contributed by atoms with Crippen molar-refractivity contribution in [2.24, 2.45) is 0 Å². The third-order valence-electron chi connectivity index (χ3n) is 5.56. The lowest BCUT2D eigenvalue weighted by atomic mass is 10.1. The Hall–Kier alpha value is -2.84. The maximum Gasteiger partial charge on any atom is 0.350 e. The van der Waals surface area contributed by atoms with Crippen molar-refractivity contribution in [1.29, 1.82) is 0 Å². The lowest BCUT2D eigenvalue weighted by Gasteiger charge is -2.41. The van der Waals surface area contributed by atoms with E-state index in [0.29, 0.717) is 30.3 Å². The molecule has 1 aromatic carbocycles. The first-order valence-corrected chi connectivity index (χ1v) is 11.3. The maximum absolute atomic E-state index is 12.9. The van der Waals surface area contributed by atoms with Crippen LogP contribution in [0.2, 0.25) is 5.02 Å². The Morgan fingerprint density at radius 3 is 2.78 bits per heavy atom. The summed E-state index contributed by atoms with van der Waals surface area (Å²) in [4.78, 5) is 29.6. The number of carbonyl (C=O) groups is 1. The van der Waals surface area contributed by atoms with Gasteiger partial charge in [-0.15, -0.1) is 5.10 Å². The zero-order valence-electron chi connectivity index (χ0n) is 18.4. The van der Waals surface area contributed by atoms with Crippen molar-refractivity contribution in [3.63, 3.8) is 0 Å². The van der Waals surface area contributed by atoms with Gasteiger partial charge in [0, 0.05) is 49.6 Å². The number of piperazine rings is 1. The minimum atomic E-state index is -0.414. The standard InChI is InChI=1S/C23H28ClN5O3/c1-17(2)32-22(30)20-16-26(13-14-27(20)19-8-5-7-18(24)15-19)10-6-12-29-23(31)28-11-4-3-9-21(28)25-29/h3-5,7-9,11,15,17,20H,6,10,12-14,16H2,1-2H3. The fourth-order valence-corrected chi connectivity index (χ4v) is 4.26. The van der Waals surface area contributed by atoms with E-state index in [9.17, 15) is 9.59 Å². The van der Waals surface area contributed by atoms with Gasteiger partial charge in [0.25, 0.3) is 0 Å². The van der Waals surface area contributed by atoms with Crippen molar-refractivity contribution in [2.75, 3.05) is 31.1 Å². The van der Waals surface area contributed by atoms with Gasteiger partial charge in [0.1, 0.15) is 6.04 Å². The Kier molecular flexibility index (Phi) is 6.81. The molecule has 1 aliphatic heterocycles. The van der Waals surface area contributed by atoms with Crippen LogP contribution < -0.4 is 10.6 Å². The molecule has 0 amide bonds. The maximum atomic E-state index is 12.9. The molecule has 0 N–H and O–H groups in total. The van der Waals surface area contributed by atoms with Gasteiger partial charge in [-0.1, -0.05) is 23.7 Å². The molecule has 0 saturated carbocycles. The summed E-state index contributed by atoms with van der Waals surface area (Å²) >= 11 is 6.18. The van der Waals surface area contributed by atoms with Crippen LogP contribution in [0.15, 0.2) is 53.5 Å². The molecule has 3 aromatic rings. The second-order valence-corrected chi connectivity index (χ2v) is 8.70.